The molecule has 1 saturated heterocycles. The van der Waals surface area contributed by atoms with Crippen LogP contribution < -0.4 is 4.74 Å². The van der Waals surface area contributed by atoms with Crippen molar-refractivity contribution in [2.24, 2.45) is 5.92 Å². The maximum absolute atomic E-state index is 10.6. The number of carbonyl (C=O) groups is 1. The van der Waals surface area contributed by atoms with Gasteiger partial charge in [0.15, 0.2) is 0 Å². The number of carboxylic acid groups (broad SMARTS) is 1. The van der Waals surface area contributed by atoms with Crippen LogP contribution in [-0.2, 0) is 4.79 Å². The Hall–Kier alpha value is -1.55. The van der Waals surface area contributed by atoms with Crippen LogP contribution in [-0.4, -0.2) is 42.2 Å². The monoisotopic (exact) mass is 261 g/mol. The van der Waals surface area contributed by atoms with Crippen LogP contribution in [0.1, 0.15) is 24.3 Å². The fourth-order valence-electron chi connectivity index (χ4n) is 3.12. The SMILES string of the molecule is O=C(O)CC1CN(CC2CCOc3ccccc32)C1. The molecule has 2 aliphatic heterocycles. The van der Waals surface area contributed by atoms with Crippen LogP contribution in [0.3, 0.4) is 0 Å². The van der Waals surface area contributed by atoms with Gasteiger partial charge in [-0.15, -0.1) is 0 Å². The van der Waals surface area contributed by atoms with Crippen molar-refractivity contribution in [1.82, 2.24) is 4.90 Å². The maximum Gasteiger partial charge on any atom is 0.303 e. The number of benzene rings is 1. The van der Waals surface area contributed by atoms with Crippen molar-refractivity contribution in [2.75, 3.05) is 26.2 Å². The van der Waals surface area contributed by atoms with Gasteiger partial charge in [-0.2, -0.15) is 0 Å². The first-order valence-corrected chi connectivity index (χ1v) is 6.88. The first kappa shape index (κ1) is 12.5. The van der Waals surface area contributed by atoms with Crippen molar-refractivity contribution in [3.63, 3.8) is 0 Å². The molecule has 1 atom stereocenters. The number of likely N-dealkylation sites (tertiary alicyclic amines) is 1. The molecule has 0 aromatic heterocycles. The summed E-state index contributed by atoms with van der Waals surface area (Å²) in [5.74, 6) is 1.20. The molecule has 0 bridgehead atoms. The molecular weight excluding hydrogens is 242 g/mol. The van der Waals surface area contributed by atoms with Crippen molar-refractivity contribution >= 4 is 5.97 Å². The Balaban J connectivity index is 1.56. The van der Waals surface area contributed by atoms with E-state index in [9.17, 15) is 4.79 Å². The number of hydrogen-bond acceptors (Lipinski definition) is 3. The van der Waals surface area contributed by atoms with Gasteiger partial charge in [0.25, 0.3) is 0 Å². The van der Waals surface area contributed by atoms with E-state index in [-0.39, 0.29) is 0 Å². The fraction of sp³-hybridized carbons (Fsp3) is 0.533. The minimum atomic E-state index is -0.680. The Morgan fingerprint density at radius 3 is 2.95 bits per heavy atom. The summed E-state index contributed by atoms with van der Waals surface area (Å²) in [5, 5.41) is 8.75. The van der Waals surface area contributed by atoms with Gasteiger partial charge in [-0.1, -0.05) is 18.2 Å². The van der Waals surface area contributed by atoms with Gasteiger partial charge in [0.1, 0.15) is 5.75 Å². The van der Waals surface area contributed by atoms with Crippen molar-refractivity contribution in [2.45, 2.75) is 18.8 Å². The van der Waals surface area contributed by atoms with Gasteiger partial charge >= 0.3 is 5.97 Å². The Labute approximate surface area is 113 Å². The number of nitrogens with zero attached hydrogens (tertiary/aromatic N) is 1. The summed E-state index contributed by atoms with van der Waals surface area (Å²) in [4.78, 5) is 13.0. The second-order valence-electron chi connectivity index (χ2n) is 5.55. The number of fused-ring (bicyclic) bond motifs is 1. The summed E-state index contributed by atoms with van der Waals surface area (Å²) in [6, 6.07) is 8.25. The number of aliphatic carboxylic acids is 1. The van der Waals surface area contributed by atoms with Gasteiger partial charge in [-0.05, 0) is 24.0 Å². The number of carboxylic acids is 1. The predicted molar refractivity (Wildman–Crippen MR) is 71.5 cm³/mol. The largest absolute Gasteiger partial charge is 0.493 e. The first-order chi connectivity index (χ1) is 9.22. The average Bonchev–Trinajstić information content (AvgIpc) is 2.36. The van der Waals surface area contributed by atoms with Gasteiger partial charge < -0.3 is 14.7 Å². The van der Waals surface area contributed by atoms with E-state index in [0.29, 0.717) is 18.3 Å². The van der Waals surface area contributed by atoms with Gasteiger partial charge in [-0.25, -0.2) is 0 Å². The summed E-state index contributed by atoms with van der Waals surface area (Å²) < 4.78 is 5.66. The molecule has 2 heterocycles. The van der Waals surface area contributed by atoms with E-state index in [2.05, 4.69) is 17.0 Å². The number of rotatable bonds is 4. The van der Waals surface area contributed by atoms with Crippen LogP contribution in [0.15, 0.2) is 24.3 Å². The van der Waals surface area contributed by atoms with E-state index >= 15 is 0 Å². The normalized spacial score (nSPS) is 23.3. The molecule has 1 unspecified atom stereocenters. The summed E-state index contributed by atoms with van der Waals surface area (Å²) in [7, 11) is 0. The molecule has 3 rings (SSSR count). The Kier molecular flexibility index (Phi) is 3.42. The molecule has 0 radical (unpaired) electrons. The van der Waals surface area contributed by atoms with E-state index in [4.69, 9.17) is 9.84 Å². The minimum absolute atomic E-state index is 0.306. The van der Waals surface area contributed by atoms with Gasteiger partial charge in [0, 0.05) is 25.6 Å². The molecule has 19 heavy (non-hydrogen) atoms. The molecule has 0 spiro atoms. The lowest BCUT2D eigenvalue weighted by Crippen LogP contribution is -2.49. The Bertz CT molecular complexity index is 468. The van der Waals surface area contributed by atoms with Crippen LogP contribution >= 0.6 is 0 Å². The predicted octanol–water partition coefficient (Wildman–Crippen LogP) is 1.96. The first-order valence-electron chi connectivity index (χ1n) is 6.88. The molecule has 4 nitrogen and oxygen atoms in total. The highest BCUT2D eigenvalue weighted by Crippen LogP contribution is 2.35. The highest BCUT2D eigenvalue weighted by molar-refractivity contribution is 5.67. The molecule has 1 N–H and O–H groups in total. The minimum Gasteiger partial charge on any atom is -0.493 e. The third-order valence-corrected chi connectivity index (χ3v) is 4.06. The van der Waals surface area contributed by atoms with E-state index in [0.717, 1.165) is 38.4 Å². The van der Waals surface area contributed by atoms with Crippen LogP contribution in [0.5, 0.6) is 5.75 Å². The molecule has 0 saturated carbocycles. The van der Waals surface area contributed by atoms with Crippen molar-refractivity contribution in [3.8, 4) is 5.75 Å². The van der Waals surface area contributed by atoms with Crippen LogP contribution in [0.4, 0.5) is 0 Å². The summed E-state index contributed by atoms with van der Waals surface area (Å²) in [5.41, 5.74) is 1.30. The van der Waals surface area contributed by atoms with E-state index in [1.807, 2.05) is 12.1 Å². The van der Waals surface area contributed by atoms with Crippen LogP contribution in [0, 0.1) is 5.92 Å². The number of ether oxygens (including phenoxy) is 1. The van der Waals surface area contributed by atoms with E-state index in [1.165, 1.54) is 5.56 Å². The molecule has 0 amide bonds. The third-order valence-electron chi connectivity index (χ3n) is 4.06. The summed E-state index contributed by atoms with van der Waals surface area (Å²) in [6.07, 6.45) is 1.36. The van der Waals surface area contributed by atoms with Crippen LogP contribution in [0.2, 0.25) is 0 Å². The van der Waals surface area contributed by atoms with Gasteiger partial charge in [0.2, 0.25) is 0 Å². The summed E-state index contributed by atoms with van der Waals surface area (Å²) in [6.45, 7) is 3.65. The van der Waals surface area contributed by atoms with Crippen molar-refractivity contribution < 1.29 is 14.6 Å². The Morgan fingerprint density at radius 1 is 1.37 bits per heavy atom. The molecule has 102 valence electrons. The van der Waals surface area contributed by atoms with E-state index < -0.39 is 5.97 Å². The van der Waals surface area contributed by atoms with Gasteiger partial charge in [0.05, 0.1) is 13.0 Å². The highest BCUT2D eigenvalue weighted by Gasteiger charge is 2.31. The number of hydrogen-bond donors (Lipinski definition) is 1. The average molecular weight is 261 g/mol. The second-order valence-corrected chi connectivity index (χ2v) is 5.55. The third kappa shape index (κ3) is 2.73. The quantitative estimate of drug-likeness (QED) is 0.900. The molecule has 2 aliphatic rings. The molecule has 1 fully saturated rings. The lowest BCUT2D eigenvalue weighted by Gasteiger charge is -2.41. The van der Waals surface area contributed by atoms with Crippen LogP contribution in [0.25, 0.3) is 0 Å². The van der Waals surface area contributed by atoms with Crippen molar-refractivity contribution in [1.29, 1.82) is 0 Å². The zero-order valence-corrected chi connectivity index (χ0v) is 10.9. The lowest BCUT2D eigenvalue weighted by molar-refractivity contribution is -0.139. The smallest absolute Gasteiger partial charge is 0.303 e. The topological polar surface area (TPSA) is 49.8 Å². The van der Waals surface area contributed by atoms with E-state index in [1.54, 1.807) is 0 Å². The van der Waals surface area contributed by atoms with Crippen molar-refractivity contribution in [3.05, 3.63) is 29.8 Å². The summed E-state index contributed by atoms with van der Waals surface area (Å²) >= 11 is 0. The molecule has 1 aromatic rings. The lowest BCUT2D eigenvalue weighted by atomic mass is 9.89. The fourth-order valence-corrected chi connectivity index (χ4v) is 3.12. The Morgan fingerprint density at radius 2 is 2.16 bits per heavy atom. The molecular formula is C15H19NO3. The molecule has 0 aliphatic carbocycles. The zero-order chi connectivity index (χ0) is 13.2. The highest BCUT2D eigenvalue weighted by atomic mass is 16.5. The molecule has 1 aromatic carbocycles. The second kappa shape index (κ2) is 5.21. The van der Waals surface area contributed by atoms with Gasteiger partial charge in [-0.3, -0.25) is 4.79 Å². The zero-order valence-electron chi connectivity index (χ0n) is 10.9. The molecule has 4 heteroatoms. The number of para-hydroxylation sites is 1. The maximum atomic E-state index is 10.6. The standard InChI is InChI=1S/C15H19NO3/c17-15(18)7-11-8-16(9-11)10-12-5-6-19-14-4-2-1-3-13(12)14/h1-4,11-12H,5-10H2,(H,17,18).